The summed E-state index contributed by atoms with van der Waals surface area (Å²) >= 11 is 0. The van der Waals surface area contributed by atoms with Crippen molar-refractivity contribution in [3.8, 4) is 11.5 Å². The monoisotopic (exact) mass is 614 g/mol. The highest BCUT2D eigenvalue weighted by molar-refractivity contribution is 5.47. The SMILES string of the molecule is COc1cccc2c1CC1CC2(C)CCN1Cc1ccccc1.COc1ccccc1CC1C=C(C)CCN1Cc1ccccc1. The standard InChI is InChI=1S/2C21H25NO/c1-21-11-12-22(15-16-7-4-3-5-8-16)17(14-21)13-18-19(21)9-6-10-20(18)23-2;1-17-12-13-22(16-18-8-4-3-5-9-18)20(14-17)15-19-10-6-7-11-21(19)23-2/h3-10,17H,11-15H2,1-2H3;3-11,14,20H,12-13,15-16H2,1-2H3. The fourth-order valence-electron chi connectivity index (χ4n) is 7.87. The molecule has 1 fully saturated rings. The van der Waals surface area contributed by atoms with Crippen molar-refractivity contribution >= 4 is 0 Å². The van der Waals surface area contributed by atoms with Gasteiger partial charge < -0.3 is 9.47 Å². The van der Waals surface area contributed by atoms with Gasteiger partial charge >= 0.3 is 0 Å². The lowest BCUT2D eigenvalue weighted by atomic mass is 9.65. The number of hydrogen-bond donors (Lipinski definition) is 0. The first-order valence-corrected chi connectivity index (χ1v) is 17.0. The third kappa shape index (κ3) is 7.40. The van der Waals surface area contributed by atoms with Crippen molar-refractivity contribution < 1.29 is 9.47 Å². The Morgan fingerprint density at radius 3 is 2.04 bits per heavy atom. The average molecular weight is 615 g/mol. The highest BCUT2D eigenvalue weighted by atomic mass is 16.5. The molecule has 46 heavy (non-hydrogen) atoms. The van der Waals surface area contributed by atoms with Crippen LogP contribution in [0.3, 0.4) is 0 Å². The van der Waals surface area contributed by atoms with Crippen LogP contribution >= 0.6 is 0 Å². The number of likely N-dealkylation sites (tertiary alicyclic amines) is 1. The Morgan fingerprint density at radius 1 is 0.717 bits per heavy atom. The number of nitrogens with zero attached hydrogens (tertiary/aromatic N) is 2. The number of fused-ring (bicyclic) bond motifs is 4. The van der Waals surface area contributed by atoms with Gasteiger partial charge in [-0.1, -0.05) is 110 Å². The van der Waals surface area contributed by atoms with Crippen LogP contribution in [0, 0.1) is 0 Å². The third-order valence-corrected chi connectivity index (χ3v) is 10.4. The van der Waals surface area contributed by atoms with E-state index in [2.05, 4.69) is 127 Å². The summed E-state index contributed by atoms with van der Waals surface area (Å²) in [6, 6.07) is 37.6. The molecule has 240 valence electrons. The molecule has 1 aliphatic carbocycles. The molecule has 4 heteroatoms. The molecule has 0 amide bonds. The summed E-state index contributed by atoms with van der Waals surface area (Å²) in [5.41, 5.74) is 8.84. The fraction of sp³-hybridized carbons (Fsp3) is 0.381. The van der Waals surface area contributed by atoms with Crippen LogP contribution in [0.2, 0.25) is 0 Å². The summed E-state index contributed by atoms with van der Waals surface area (Å²) in [6.45, 7) is 9.06. The minimum atomic E-state index is 0.306. The molecule has 2 aliphatic heterocycles. The number of benzene rings is 4. The van der Waals surface area contributed by atoms with Crippen LogP contribution in [0.25, 0.3) is 0 Å². The van der Waals surface area contributed by atoms with Crippen molar-refractivity contribution in [1.82, 2.24) is 9.80 Å². The molecule has 3 unspecified atom stereocenters. The molecule has 3 aliphatic rings. The van der Waals surface area contributed by atoms with Gasteiger partial charge in [0.15, 0.2) is 0 Å². The number of ether oxygens (including phenoxy) is 2. The Hall–Kier alpha value is -3.86. The van der Waals surface area contributed by atoms with Crippen LogP contribution in [-0.4, -0.2) is 49.2 Å². The Kier molecular flexibility index (Phi) is 10.3. The zero-order chi connectivity index (χ0) is 31.9. The Morgan fingerprint density at radius 2 is 1.35 bits per heavy atom. The molecule has 1 saturated heterocycles. The number of hydrogen-bond acceptors (Lipinski definition) is 4. The molecule has 0 aromatic heterocycles. The minimum absolute atomic E-state index is 0.306. The minimum Gasteiger partial charge on any atom is -0.496 e. The number of rotatable bonds is 8. The predicted molar refractivity (Wildman–Crippen MR) is 190 cm³/mol. The number of methoxy groups -OCH3 is 2. The second-order valence-electron chi connectivity index (χ2n) is 13.6. The maximum atomic E-state index is 5.66. The van der Waals surface area contributed by atoms with Gasteiger partial charge in [0, 0.05) is 31.7 Å². The van der Waals surface area contributed by atoms with E-state index in [9.17, 15) is 0 Å². The largest absolute Gasteiger partial charge is 0.496 e. The second kappa shape index (κ2) is 14.7. The van der Waals surface area contributed by atoms with Crippen LogP contribution < -0.4 is 9.47 Å². The van der Waals surface area contributed by atoms with E-state index in [0.29, 0.717) is 17.5 Å². The summed E-state index contributed by atoms with van der Waals surface area (Å²) < 4.78 is 11.2. The van der Waals surface area contributed by atoms with Crippen LogP contribution in [0.15, 0.2) is 115 Å². The lowest BCUT2D eigenvalue weighted by Crippen LogP contribution is -2.51. The van der Waals surface area contributed by atoms with Crippen molar-refractivity contribution in [2.24, 2.45) is 0 Å². The summed E-state index contributed by atoms with van der Waals surface area (Å²) in [6.07, 6.45) is 8.20. The topological polar surface area (TPSA) is 24.9 Å². The molecule has 4 aromatic rings. The molecule has 4 nitrogen and oxygen atoms in total. The van der Waals surface area contributed by atoms with Crippen LogP contribution in [0.1, 0.15) is 60.9 Å². The van der Waals surface area contributed by atoms with E-state index in [1.54, 1.807) is 14.2 Å². The van der Waals surface area contributed by atoms with Crippen LogP contribution in [0.5, 0.6) is 11.5 Å². The molecular weight excluding hydrogens is 564 g/mol. The Balaban J connectivity index is 0.000000162. The summed E-state index contributed by atoms with van der Waals surface area (Å²) in [4.78, 5) is 5.25. The number of para-hydroxylation sites is 1. The lowest BCUT2D eigenvalue weighted by Gasteiger charge is -2.50. The fourth-order valence-corrected chi connectivity index (χ4v) is 7.87. The molecule has 7 rings (SSSR count). The first-order valence-electron chi connectivity index (χ1n) is 17.0. The quantitative estimate of drug-likeness (QED) is 0.186. The first kappa shape index (κ1) is 32.1. The van der Waals surface area contributed by atoms with E-state index < -0.39 is 0 Å². The summed E-state index contributed by atoms with van der Waals surface area (Å²) in [7, 11) is 3.55. The summed E-state index contributed by atoms with van der Waals surface area (Å²) in [5.74, 6) is 2.06. The van der Waals surface area contributed by atoms with E-state index in [1.165, 1.54) is 52.8 Å². The van der Waals surface area contributed by atoms with Crippen molar-refractivity contribution in [2.45, 2.75) is 76.5 Å². The lowest BCUT2D eigenvalue weighted by molar-refractivity contribution is 0.0799. The van der Waals surface area contributed by atoms with Gasteiger partial charge in [-0.15, -0.1) is 0 Å². The molecule has 2 bridgehead atoms. The zero-order valence-corrected chi connectivity index (χ0v) is 28.1. The first-order chi connectivity index (χ1) is 22.5. The van der Waals surface area contributed by atoms with Gasteiger partial charge in [0.25, 0.3) is 0 Å². The van der Waals surface area contributed by atoms with Gasteiger partial charge in [-0.05, 0) is 90.9 Å². The van der Waals surface area contributed by atoms with Gasteiger partial charge in [0.2, 0.25) is 0 Å². The van der Waals surface area contributed by atoms with Gasteiger partial charge in [0.05, 0.1) is 14.2 Å². The van der Waals surface area contributed by atoms with Crippen molar-refractivity contribution in [2.75, 3.05) is 27.3 Å². The van der Waals surface area contributed by atoms with E-state index in [-0.39, 0.29) is 0 Å². The molecule has 0 N–H and O–H groups in total. The summed E-state index contributed by atoms with van der Waals surface area (Å²) in [5, 5.41) is 0. The van der Waals surface area contributed by atoms with Gasteiger partial charge in [-0.25, -0.2) is 0 Å². The van der Waals surface area contributed by atoms with Crippen molar-refractivity contribution in [3.63, 3.8) is 0 Å². The van der Waals surface area contributed by atoms with E-state index in [0.717, 1.165) is 50.4 Å². The van der Waals surface area contributed by atoms with Crippen molar-refractivity contribution in [3.05, 3.63) is 143 Å². The zero-order valence-electron chi connectivity index (χ0n) is 28.1. The third-order valence-electron chi connectivity index (χ3n) is 10.4. The van der Waals surface area contributed by atoms with E-state index in [4.69, 9.17) is 9.47 Å². The van der Waals surface area contributed by atoms with Gasteiger partial charge in [0.1, 0.15) is 11.5 Å². The maximum absolute atomic E-state index is 5.66. The molecule has 3 atom stereocenters. The molecule has 0 radical (unpaired) electrons. The maximum Gasteiger partial charge on any atom is 0.122 e. The van der Waals surface area contributed by atoms with Crippen LogP contribution in [-0.2, 0) is 31.3 Å². The van der Waals surface area contributed by atoms with Crippen LogP contribution in [0.4, 0.5) is 0 Å². The van der Waals surface area contributed by atoms with Crippen molar-refractivity contribution in [1.29, 1.82) is 0 Å². The second-order valence-corrected chi connectivity index (χ2v) is 13.6. The smallest absolute Gasteiger partial charge is 0.122 e. The Labute approximate surface area is 276 Å². The van der Waals surface area contributed by atoms with Gasteiger partial charge in [-0.2, -0.15) is 0 Å². The highest BCUT2D eigenvalue weighted by Gasteiger charge is 2.43. The van der Waals surface area contributed by atoms with E-state index >= 15 is 0 Å². The Bertz CT molecular complexity index is 1600. The molecule has 4 aromatic carbocycles. The molecular formula is C42H50N2O2. The molecule has 0 spiro atoms. The molecule has 2 heterocycles. The normalized spacial score (nSPS) is 22.6. The number of piperidine rings is 1. The van der Waals surface area contributed by atoms with E-state index in [1.807, 2.05) is 6.07 Å². The predicted octanol–water partition coefficient (Wildman–Crippen LogP) is 8.63. The molecule has 0 saturated carbocycles. The highest BCUT2D eigenvalue weighted by Crippen LogP contribution is 2.47. The van der Waals surface area contributed by atoms with Gasteiger partial charge in [-0.3, -0.25) is 9.80 Å². The average Bonchev–Trinajstić information content (AvgIpc) is 3.09.